The van der Waals surface area contributed by atoms with E-state index >= 15 is 0 Å². The van der Waals surface area contributed by atoms with Crippen LogP contribution in [0.5, 0.6) is 11.5 Å². The third-order valence-electron chi connectivity index (χ3n) is 9.62. The molecule has 2 aliphatic rings. The van der Waals surface area contributed by atoms with E-state index in [1.807, 2.05) is 49.4 Å². The molecule has 0 unspecified atom stereocenters. The lowest BCUT2D eigenvalue weighted by atomic mass is 10.0. The van der Waals surface area contributed by atoms with E-state index in [1.165, 1.54) is 12.7 Å². The van der Waals surface area contributed by atoms with Gasteiger partial charge in [-0.2, -0.15) is 0 Å². The van der Waals surface area contributed by atoms with Crippen LogP contribution in [0.2, 0.25) is 5.02 Å². The molecule has 0 spiro atoms. The zero-order chi connectivity index (χ0) is 40.5. The second kappa shape index (κ2) is 16.2. The fraction of sp³-hybridized carbons (Fsp3) is 0.231. The highest BCUT2D eigenvalue weighted by molar-refractivity contribution is 7.81. The van der Waals surface area contributed by atoms with Crippen LogP contribution in [0.3, 0.4) is 0 Å². The van der Waals surface area contributed by atoms with Crippen molar-refractivity contribution in [1.29, 1.82) is 0 Å². The zero-order valence-electron chi connectivity index (χ0n) is 31.4. The number of likely N-dealkylation sites (N-methyl/N-ethyl adjacent to an activating group) is 2. The van der Waals surface area contributed by atoms with Gasteiger partial charge in [0.2, 0.25) is 11.6 Å². The highest BCUT2D eigenvalue weighted by Gasteiger charge is 2.31. The summed E-state index contributed by atoms with van der Waals surface area (Å²) in [6, 6.07) is 17.7. The predicted octanol–water partition coefficient (Wildman–Crippen LogP) is 4.29. The molecule has 19 heteroatoms. The average molecular weight is 835 g/mol. The van der Waals surface area contributed by atoms with Gasteiger partial charge < -0.3 is 29.9 Å². The van der Waals surface area contributed by atoms with Gasteiger partial charge in [-0.25, -0.2) is 29.3 Å². The van der Waals surface area contributed by atoms with Crippen LogP contribution in [-0.4, -0.2) is 101 Å². The number of hydrogen-bond donors (Lipinski definition) is 2. The molecule has 58 heavy (non-hydrogen) atoms. The molecule has 2 aliphatic heterocycles. The summed E-state index contributed by atoms with van der Waals surface area (Å²) >= 11 is 17.5. The SMILES string of the molecule is Cc1cc(-c2cnc3c(c2)OC[C@H](NC(=O)c2ncn(Cc4cccc(Cl)c4)n2)C(=S)N3C)ccc1Cn1cnc(C(=O)N[C@H]2COc3cccnc3N(C)C2=S)n1. The van der Waals surface area contributed by atoms with Crippen molar-refractivity contribution in [3.8, 4) is 22.6 Å². The van der Waals surface area contributed by atoms with E-state index in [1.54, 1.807) is 63.9 Å². The minimum absolute atomic E-state index is 0.00661. The van der Waals surface area contributed by atoms with Gasteiger partial charge in [0, 0.05) is 37.1 Å². The topological polar surface area (TPSA) is 170 Å². The van der Waals surface area contributed by atoms with Crippen molar-refractivity contribution in [3.63, 3.8) is 0 Å². The second-order valence-electron chi connectivity index (χ2n) is 13.6. The predicted molar refractivity (Wildman–Crippen MR) is 224 cm³/mol. The summed E-state index contributed by atoms with van der Waals surface area (Å²) in [6.45, 7) is 3.02. The standard InChI is InChI=1S/C39H35ClN12O4S2/c1-22-12-24(9-10-25(22)17-52-21-44-33(48-52)37(54)45-28-18-55-30-8-5-11-41-34(30)49(2)38(28)57)26-14-31-35(42-15-26)50(3)39(58)29(19-56-31)46-36(53)32-43-20-51(47-32)16-23-6-4-7-27(40)13-23/h4-15,20-21,28-29H,16-19H2,1-3H3,(H,45,54)(H,46,53)/t28-,29-/m0/s1. The lowest BCUT2D eigenvalue weighted by molar-refractivity contribution is 0.0919. The molecule has 0 fully saturated rings. The number of thiocarbonyl (C=S) groups is 2. The molecule has 0 bridgehead atoms. The van der Waals surface area contributed by atoms with Crippen LogP contribution >= 0.6 is 36.0 Å². The molecule has 0 radical (unpaired) electrons. The van der Waals surface area contributed by atoms with Gasteiger partial charge in [-0.05, 0) is 59.5 Å². The Hall–Kier alpha value is -6.37. The number of rotatable bonds is 9. The van der Waals surface area contributed by atoms with Gasteiger partial charge in [0.1, 0.15) is 47.9 Å². The van der Waals surface area contributed by atoms with E-state index < -0.39 is 23.9 Å². The number of amides is 2. The maximum Gasteiger partial charge on any atom is 0.291 e. The van der Waals surface area contributed by atoms with E-state index in [0.29, 0.717) is 51.2 Å². The molecular weight excluding hydrogens is 800 g/mol. The molecule has 6 heterocycles. The molecule has 2 N–H and O–H groups in total. The van der Waals surface area contributed by atoms with E-state index in [9.17, 15) is 9.59 Å². The van der Waals surface area contributed by atoms with Gasteiger partial charge >= 0.3 is 0 Å². The van der Waals surface area contributed by atoms with E-state index in [2.05, 4.69) is 35.8 Å². The smallest absolute Gasteiger partial charge is 0.291 e. The molecule has 8 rings (SSSR count). The number of ether oxygens (including phenoxy) is 2. The Bertz CT molecular complexity index is 2580. The molecule has 6 aromatic rings. The largest absolute Gasteiger partial charge is 0.487 e. The van der Waals surface area contributed by atoms with Crippen molar-refractivity contribution in [2.75, 3.05) is 37.1 Å². The van der Waals surface area contributed by atoms with Crippen LogP contribution in [0.4, 0.5) is 11.6 Å². The van der Waals surface area contributed by atoms with E-state index in [0.717, 1.165) is 27.8 Å². The fourth-order valence-corrected chi connectivity index (χ4v) is 7.16. The minimum Gasteiger partial charge on any atom is -0.487 e. The number of hydrogen-bond acceptors (Lipinski definition) is 12. The Kier molecular flexibility index (Phi) is 10.8. The summed E-state index contributed by atoms with van der Waals surface area (Å²) in [5, 5.41) is 15.2. The first-order valence-corrected chi connectivity index (χ1v) is 19.2. The number of pyridine rings is 2. The molecule has 0 saturated heterocycles. The summed E-state index contributed by atoms with van der Waals surface area (Å²) in [7, 11) is 3.57. The van der Waals surface area contributed by atoms with Gasteiger partial charge in [0.05, 0.1) is 13.1 Å². The molecule has 2 amide bonds. The van der Waals surface area contributed by atoms with Crippen molar-refractivity contribution >= 4 is 69.5 Å². The normalized spacial score (nSPS) is 16.3. The van der Waals surface area contributed by atoms with Gasteiger partial charge in [-0.1, -0.05) is 66.4 Å². The number of nitrogens with zero attached hydrogens (tertiary/aromatic N) is 10. The number of benzene rings is 2. The minimum atomic E-state index is -0.643. The second-order valence-corrected chi connectivity index (χ2v) is 14.9. The van der Waals surface area contributed by atoms with Crippen LogP contribution < -0.4 is 29.9 Å². The monoisotopic (exact) mass is 834 g/mol. The number of anilines is 2. The van der Waals surface area contributed by atoms with Crippen molar-refractivity contribution in [2.45, 2.75) is 32.1 Å². The summed E-state index contributed by atoms with van der Waals surface area (Å²) < 4.78 is 15.2. The van der Waals surface area contributed by atoms with E-state index in [-0.39, 0.29) is 24.9 Å². The first-order chi connectivity index (χ1) is 28.0. The quantitative estimate of drug-likeness (QED) is 0.198. The first-order valence-electron chi connectivity index (χ1n) is 18.0. The third kappa shape index (κ3) is 8.07. The number of fused-ring (bicyclic) bond motifs is 2. The Balaban J connectivity index is 0.892. The molecule has 4 aromatic heterocycles. The Labute approximate surface area is 348 Å². The zero-order valence-corrected chi connectivity index (χ0v) is 33.8. The molecule has 294 valence electrons. The van der Waals surface area contributed by atoms with Gasteiger partial charge in [0.25, 0.3) is 11.8 Å². The third-order valence-corrected chi connectivity index (χ3v) is 11.0. The molecule has 16 nitrogen and oxygen atoms in total. The fourth-order valence-electron chi connectivity index (χ4n) is 6.52. The number of halogens is 1. The van der Waals surface area contributed by atoms with Gasteiger partial charge in [0.15, 0.2) is 23.1 Å². The average Bonchev–Trinajstić information content (AvgIpc) is 3.86. The summed E-state index contributed by atoms with van der Waals surface area (Å²) in [4.78, 5) is 48.2. The molecule has 2 atom stereocenters. The van der Waals surface area contributed by atoms with Crippen LogP contribution in [0.1, 0.15) is 37.9 Å². The Morgan fingerprint density at radius 3 is 2.05 bits per heavy atom. The lowest BCUT2D eigenvalue weighted by Gasteiger charge is -2.22. The number of carbonyl (C=O) groups excluding carboxylic acids is 2. The highest BCUT2D eigenvalue weighted by Crippen LogP contribution is 2.34. The van der Waals surface area contributed by atoms with Crippen LogP contribution in [0.25, 0.3) is 11.1 Å². The maximum absolute atomic E-state index is 13.2. The van der Waals surface area contributed by atoms with Crippen molar-refractivity contribution in [3.05, 3.63) is 119 Å². The number of carbonyl (C=O) groups is 2. The van der Waals surface area contributed by atoms with Gasteiger partial charge in [-0.15, -0.1) is 10.2 Å². The Morgan fingerprint density at radius 2 is 1.40 bits per heavy atom. The Morgan fingerprint density at radius 1 is 0.759 bits per heavy atom. The number of nitrogens with one attached hydrogen (secondary N) is 2. The maximum atomic E-state index is 13.2. The molecule has 2 aromatic carbocycles. The van der Waals surface area contributed by atoms with E-state index in [4.69, 9.17) is 50.5 Å². The van der Waals surface area contributed by atoms with Gasteiger partial charge in [-0.3, -0.25) is 9.59 Å². The molecule has 0 saturated carbocycles. The summed E-state index contributed by atoms with van der Waals surface area (Å²) in [6.07, 6.45) is 6.43. The molecule has 0 aliphatic carbocycles. The lowest BCUT2D eigenvalue weighted by Crippen LogP contribution is -2.48. The van der Waals surface area contributed by atoms with Crippen molar-refractivity contribution in [2.24, 2.45) is 0 Å². The van der Waals surface area contributed by atoms with Crippen LogP contribution in [-0.2, 0) is 13.1 Å². The highest BCUT2D eigenvalue weighted by atomic mass is 35.5. The van der Waals surface area contributed by atoms with Crippen LogP contribution in [0.15, 0.2) is 85.7 Å². The van der Waals surface area contributed by atoms with Crippen molar-refractivity contribution in [1.82, 2.24) is 50.1 Å². The van der Waals surface area contributed by atoms with Crippen molar-refractivity contribution < 1.29 is 19.1 Å². The molecular formula is C39H35ClN12O4S2. The summed E-state index contributed by atoms with van der Waals surface area (Å²) in [5.74, 6) is 1.27. The summed E-state index contributed by atoms with van der Waals surface area (Å²) in [5.41, 5.74) is 4.65. The van der Waals surface area contributed by atoms with Crippen LogP contribution in [0, 0.1) is 6.92 Å². The number of aryl methyl sites for hydroxylation is 1. The first kappa shape index (κ1) is 38.5. The number of aromatic nitrogens is 8.